The summed E-state index contributed by atoms with van der Waals surface area (Å²) in [6.45, 7) is 6.55. The minimum atomic E-state index is -0.985. The van der Waals surface area contributed by atoms with E-state index in [4.69, 9.17) is 5.11 Å². The van der Waals surface area contributed by atoms with Gasteiger partial charge in [-0.2, -0.15) is 0 Å². The van der Waals surface area contributed by atoms with Gasteiger partial charge in [-0.1, -0.05) is 20.3 Å². The summed E-state index contributed by atoms with van der Waals surface area (Å²) >= 11 is 0. The number of nitrogens with one attached hydrogen (secondary N) is 1. The molecule has 0 heterocycles. The number of aliphatic hydroxyl groups is 2. The van der Waals surface area contributed by atoms with E-state index in [2.05, 4.69) is 19.2 Å². The Morgan fingerprint density at radius 2 is 2.13 bits per heavy atom. The molecule has 15 heavy (non-hydrogen) atoms. The number of hydrogen-bond donors (Lipinski definition) is 3. The average Bonchev–Trinajstić information content (AvgIpc) is 2.14. The Morgan fingerprint density at radius 3 is 2.67 bits per heavy atom. The van der Waals surface area contributed by atoms with Gasteiger partial charge >= 0.3 is 0 Å². The zero-order valence-electron chi connectivity index (χ0n) is 10.2. The van der Waals surface area contributed by atoms with Crippen molar-refractivity contribution in [2.45, 2.75) is 58.1 Å². The van der Waals surface area contributed by atoms with Crippen LogP contribution in [-0.4, -0.2) is 35.0 Å². The molecular formula is C12H25NO2. The third-order valence-corrected chi connectivity index (χ3v) is 3.32. The third-order valence-electron chi connectivity index (χ3n) is 3.32. The lowest BCUT2D eigenvalue weighted by molar-refractivity contribution is -0.00168. The molecule has 0 radical (unpaired) electrons. The second-order valence-corrected chi connectivity index (χ2v) is 5.99. The van der Waals surface area contributed by atoms with Crippen molar-refractivity contribution >= 4 is 0 Å². The summed E-state index contributed by atoms with van der Waals surface area (Å²) in [7, 11) is 0. The van der Waals surface area contributed by atoms with E-state index in [9.17, 15) is 5.11 Å². The molecule has 3 N–H and O–H groups in total. The maximum absolute atomic E-state index is 9.67. The number of hydrogen-bond acceptors (Lipinski definition) is 3. The molecular weight excluding hydrogens is 190 g/mol. The zero-order valence-corrected chi connectivity index (χ0v) is 10.2. The molecule has 0 aromatic rings. The van der Waals surface area contributed by atoms with E-state index < -0.39 is 5.60 Å². The van der Waals surface area contributed by atoms with Gasteiger partial charge in [-0.25, -0.2) is 0 Å². The Morgan fingerprint density at radius 1 is 1.47 bits per heavy atom. The SMILES string of the molecule is CC1(C)CCCC(NCC(C)(O)CO)C1. The fraction of sp³-hybridized carbons (Fsp3) is 1.00. The van der Waals surface area contributed by atoms with Crippen LogP contribution in [0.15, 0.2) is 0 Å². The van der Waals surface area contributed by atoms with Gasteiger partial charge in [-0.05, 0) is 31.6 Å². The molecule has 0 aromatic heterocycles. The fourth-order valence-electron chi connectivity index (χ4n) is 2.29. The Hall–Kier alpha value is -0.120. The van der Waals surface area contributed by atoms with Crippen LogP contribution in [-0.2, 0) is 0 Å². The van der Waals surface area contributed by atoms with Crippen molar-refractivity contribution in [3.05, 3.63) is 0 Å². The van der Waals surface area contributed by atoms with Crippen molar-refractivity contribution in [3.8, 4) is 0 Å². The van der Waals surface area contributed by atoms with E-state index >= 15 is 0 Å². The van der Waals surface area contributed by atoms with Crippen molar-refractivity contribution in [2.75, 3.05) is 13.2 Å². The highest BCUT2D eigenvalue weighted by molar-refractivity contribution is 4.85. The molecule has 0 saturated heterocycles. The predicted molar refractivity (Wildman–Crippen MR) is 61.7 cm³/mol. The van der Waals surface area contributed by atoms with Crippen LogP contribution in [0.5, 0.6) is 0 Å². The van der Waals surface area contributed by atoms with E-state index in [1.165, 1.54) is 19.3 Å². The first-order chi connectivity index (χ1) is 6.85. The van der Waals surface area contributed by atoms with Gasteiger partial charge in [0.25, 0.3) is 0 Å². The van der Waals surface area contributed by atoms with Crippen LogP contribution in [0.25, 0.3) is 0 Å². The molecule has 1 rings (SSSR count). The van der Waals surface area contributed by atoms with Gasteiger partial charge in [0.15, 0.2) is 0 Å². The molecule has 2 atom stereocenters. The second-order valence-electron chi connectivity index (χ2n) is 5.99. The lowest BCUT2D eigenvalue weighted by Gasteiger charge is -2.37. The quantitative estimate of drug-likeness (QED) is 0.662. The van der Waals surface area contributed by atoms with E-state index in [0.717, 1.165) is 6.42 Å². The molecule has 1 aliphatic carbocycles. The van der Waals surface area contributed by atoms with Crippen molar-refractivity contribution in [1.82, 2.24) is 5.32 Å². The van der Waals surface area contributed by atoms with Gasteiger partial charge in [-0.3, -0.25) is 0 Å². The molecule has 1 aliphatic rings. The molecule has 0 aliphatic heterocycles. The van der Waals surface area contributed by atoms with E-state index in [0.29, 0.717) is 18.0 Å². The molecule has 3 nitrogen and oxygen atoms in total. The van der Waals surface area contributed by atoms with Gasteiger partial charge in [0, 0.05) is 12.6 Å². The molecule has 0 bridgehead atoms. The zero-order chi connectivity index (χ0) is 11.5. The van der Waals surface area contributed by atoms with E-state index in [1.54, 1.807) is 6.92 Å². The maximum atomic E-state index is 9.67. The van der Waals surface area contributed by atoms with Crippen LogP contribution in [0.3, 0.4) is 0 Å². The molecule has 90 valence electrons. The smallest absolute Gasteiger partial charge is 0.0972 e. The molecule has 0 aromatic carbocycles. The molecule has 0 spiro atoms. The summed E-state index contributed by atoms with van der Waals surface area (Å²) < 4.78 is 0. The van der Waals surface area contributed by atoms with Crippen molar-refractivity contribution in [3.63, 3.8) is 0 Å². The van der Waals surface area contributed by atoms with Gasteiger partial charge < -0.3 is 15.5 Å². The average molecular weight is 215 g/mol. The lowest BCUT2D eigenvalue weighted by Crippen LogP contribution is -2.47. The predicted octanol–water partition coefficient (Wildman–Crippen LogP) is 1.29. The Bertz CT molecular complexity index is 202. The summed E-state index contributed by atoms with van der Waals surface area (Å²) in [6, 6.07) is 0.492. The van der Waals surface area contributed by atoms with Gasteiger partial charge in [0.2, 0.25) is 0 Å². The second kappa shape index (κ2) is 4.81. The monoisotopic (exact) mass is 215 g/mol. The summed E-state index contributed by atoms with van der Waals surface area (Å²) in [5.74, 6) is 0. The highest BCUT2D eigenvalue weighted by atomic mass is 16.3. The largest absolute Gasteiger partial charge is 0.393 e. The fourth-order valence-corrected chi connectivity index (χ4v) is 2.29. The van der Waals surface area contributed by atoms with Crippen molar-refractivity contribution in [1.29, 1.82) is 0 Å². The van der Waals surface area contributed by atoms with Gasteiger partial charge in [0.05, 0.1) is 12.2 Å². The summed E-state index contributed by atoms with van der Waals surface area (Å²) in [6.07, 6.45) is 4.90. The summed E-state index contributed by atoms with van der Waals surface area (Å²) in [5, 5.41) is 22.0. The molecule has 1 fully saturated rings. The first-order valence-electron chi connectivity index (χ1n) is 5.91. The highest BCUT2D eigenvalue weighted by Crippen LogP contribution is 2.35. The van der Waals surface area contributed by atoms with Crippen molar-refractivity contribution in [2.24, 2.45) is 5.41 Å². The maximum Gasteiger partial charge on any atom is 0.0972 e. The summed E-state index contributed by atoms with van der Waals surface area (Å²) in [5.41, 5.74) is -0.567. The molecule has 1 saturated carbocycles. The normalized spacial score (nSPS) is 29.8. The molecule has 2 unspecified atom stereocenters. The molecule has 0 amide bonds. The standard InChI is InChI=1S/C12H25NO2/c1-11(2)6-4-5-10(7-11)13-8-12(3,15)9-14/h10,13-15H,4-9H2,1-3H3. The van der Waals surface area contributed by atoms with Gasteiger partial charge in [-0.15, -0.1) is 0 Å². The summed E-state index contributed by atoms with van der Waals surface area (Å²) in [4.78, 5) is 0. The van der Waals surface area contributed by atoms with Crippen LogP contribution in [0, 0.1) is 5.41 Å². The van der Waals surface area contributed by atoms with E-state index in [-0.39, 0.29) is 6.61 Å². The Balaban J connectivity index is 2.33. The topological polar surface area (TPSA) is 52.5 Å². The van der Waals surface area contributed by atoms with Crippen LogP contribution in [0.4, 0.5) is 0 Å². The lowest BCUT2D eigenvalue weighted by atomic mass is 9.75. The Kier molecular flexibility index (Phi) is 4.15. The van der Waals surface area contributed by atoms with Crippen LogP contribution in [0.2, 0.25) is 0 Å². The minimum Gasteiger partial charge on any atom is -0.393 e. The Labute approximate surface area is 92.9 Å². The number of rotatable bonds is 4. The van der Waals surface area contributed by atoms with Crippen LogP contribution < -0.4 is 5.32 Å². The van der Waals surface area contributed by atoms with E-state index in [1.807, 2.05) is 0 Å². The van der Waals surface area contributed by atoms with Crippen molar-refractivity contribution < 1.29 is 10.2 Å². The minimum absolute atomic E-state index is 0.184. The number of aliphatic hydroxyl groups excluding tert-OH is 1. The third kappa shape index (κ3) is 4.49. The first kappa shape index (κ1) is 12.9. The highest BCUT2D eigenvalue weighted by Gasteiger charge is 2.29. The first-order valence-corrected chi connectivity index (χ1v) is 5.91. The van der Waals surface area contributed by atoms with Gasteiger partial charge in [0.1, 0.15) is 0 Å². The van der Waals surface area contributed by atoms with Crippen LogP contribution >= 0.6 is 0 Å². The van der Waals surface area contributed by atoms with Crippen LogP contribution in [0.1, 0.15) is 46.5 Å². The molecule has 3 heteroatoms.